The maximum atomic E-state index is 6.30. The van der Waals surface area contributed by atoms with E-state index in [0.29, 0.717) is 0 Å². The van der Waals surface area contributed by atoms with E-state index in [9.17, 15) is 0 Å². The minimum absolute atomic E-state index is 0.717. The van der Waals surface area contributed by atoms with Crippen LogP contribution in [-0.4, -0.2) is 32.8 Å². The van der Waals surface area contributed by atoms with Crippen molar-refractivity contribution >= 4 is 17.3 Å². The number of hydrogen-bond acceptors (Lipinski definition) is 3. The Morgan fingerprint density at radius 3 is 3.00 bits per heavy atom. The average molecular weight is 269 g/mol. The molecule has 0 radical (unpaired) electrons. The van der Waals surface area contributed by atoms with E-state index in [1.807, 2.05) is 13.0 Å². The standard InChI is InChI=1S/C14H21ClN2O/c1-2-18-10-9-17-14-12-6-8-16-7-5-11(12)3-4-13(14)15/h3-4,16-17H,2,5-10H2,1H3. The average Bonchev–Trinajstić information content (AvgIpc) is 2.62. The van der Waals surface area contributed by atoms with E-state index in [4.69, 9.17) is 16.3 Å². The monoisotopic (exact) mass is 268 g/mol. The summed E-state index contributed by atoms with van der Waals surface area (Å²) in [6.07, 6.45) is 2.11. The molecule has 1 aliphatic rings. The Balaban J connectivity index is 2.11. The second kappa shape index (κ2) is 6.98. The molecule has 0 spiro atoms. The lowest BCUT2D eigenvalue weighted by Gasteiger charge is -2.16. The molecule has 0 saturated heterocycles. The van der Waals surface area contributed by atoms with Crippen LogP contribution in [0.5, 0.6) is 0 Å². The fourth-order valence-corrected chi connectivity index (χ4v) is 2.57. The Kier molecular flexibility index (Phi) is 5.29. The van der Waals surface area contributed by atoms with Crippen LogP contribution in [0.15, 0.2) is 12.1 Å². The van der Waals surface area contributed by atoms with Gasteiger partial charge in [0.15, 0.2) is 0 Å². The smallest absolute Gasteiger partial charge is 0.0640 e. The van der Waals surface area contributed by atoms with E-state index in [2.05, 4.69) is 16.7 Å². The van der Waals surface area contributed by atoms with Crippen LogP contribution in [-0.2, 0) is 17.6 Å². The molecule has 0 aromatic heterocycles. The Morgan fingerprint density at radius 1 is 1.33 bits per heavy atom. The summed E-state index contributed by atoms with van der Waals surface area (Å²) in [5.41, 5.74) is 3.87. The van der Waals surface area contributed by atoms with Crippen molar-refractivity contribution in [1.82, 2.24) is 5.32 Å². The predicted molar refractivity (Wildman–Crippen MR) is 76.7 cm³/mol. The van der Waals surface area contributed by atoms with Gasteiger partial charge in [0.1, 0.15) is 0 Å². The van der Waals surface area contributed by atoms with Crippen molar-refractivity contribution < 1.29 is 4.74 Å². The lowest BCUT2D eigenvalue weighted by Crippen LogP contribution is -2.16. The van der Waals surface area contributed by atoms with Crippen molar-refractivity contribution in [2.75, 3.05) is 38.2 Å². The van der Waals surface area contributed by atoms with Gasteiger partial charge in [0, 0.05) is 13.2 Å². The van der Waals surface area contributed by atoms with Gasteiger partial charge in [0.25, 0.3) is 0 Å². The van der Waals surface area contributed by atoms with Crippen molar-refractivity contribution in [2.24, 2.45) is 0 Å². The molecule has 1 aromatic carbocycles. The van der Waals surface area contributed by atoms with Gasteiger partial charge in [-0.1, -0.05) is 17.7 Å². The molecule has 0 saturated carbocycles. The topological polar surface area (TPSA) is 33.3 Å². The molecule has 2 N–H and O–H groups in total. The fraction of sp³-hybridized carbons (Fsp3) is 0.571. The van der Waals surface area contributed by atoms with Gasteiger partial charge in [-0.3, -0.25) is 0 Å². The van der Waals surface area contributed by atoms with Crippen LogP contribution in [0, 0.1) is 0 Å². The van der Waals surface area contributed by atoms with Gasteiger partial charge in [-0.25, -0.2) is 0 Å². The first kappa shape index (κ1) is 13.7. The first-order chi connectivity index (χ1) is 8.83. The second-order valence-corrected chi connectivity index (χ2v) is 4.84. The Morgan fingerprint density at radius 2 is 2.17 bits per heavy atom. The number of rotatable bonds is 5. The van der Waals surface area contributed by atoms with E-state index in [1.54, 1.807) is 0 Å². The van der Waals surface area contributed by atoms with Gasteiger partial charge < -0.3 is 15.4 Å². The lowest BCUT2D eigenvalue weighted by molar-refractivity contribution is 0.158. The summed E-state index contributed by atoms with van der Waals surface area (Å²) in [6, 6.07) is 4.15. The molecular formula is C14H21ClN2O. The van der Waals surface area contributed by atoms with Gasteiger partial charge in [-0.2, -0.15) is 0 Å². The molecule has 0 amide bonds. The molecule has 0 atom stereocenters. The highest BCUT2D eigenvalue weighted by Gasteiger charge is 2.14. The highest BCUT2D eigenvalue weighted by Crippen LogP contribution is 2.30. The maximum Gasteiger partial charge on any atom is 0.0640 e. The normalized spacial score (nSPS) is 15.0. The highest BCUT2D eigenvalue weighted by atomic mass is 35.5. The number of hydrogen-bond donors (Lipinski definition) is 2. The van der Waals surface area contributed by atoms with Crippen LogP contribution in [0.2, 0.25) is 5.02 Å². The van der Waals surface area contributed by atoms with Crippen molar-refractivity contribution in [3.05, 3.63) is 28.3 Å². The van der Waals surface area contributed by atoms with E-state index >= 15 is 0 Å². The summed E-state index contributed by atoms with van der Waals surface area (Å²) in [4.78, 5) is 0. The zero-order valence-electron chi connectivity index (χ0n) is 10.9. The third-order valence-electron chi connectivity index (χ3n) is 3.23. The van der Waals surface area contributed by atoms with Crippen LogP contribution in [0.25, 0.3) is 0 Å². The first-order valence-corrected chi connectivity index (χ1v) is 7.03. The number of nitrogens with one attached hydrogen (secondary N) is 2. The third-order valence-corrected chi connectivity index (χ3v) is 3.55. The zero-order valence-corrected chi connectivity index (χ0v) is 11.6. The highest BCUT2D eigenvalue weighted by molar-refractivity contribution is 6.33. The predicted octanol–water partition coefficient (Wildman–Crippen LogP) is 2.48. The minimum Gasteiger partial charge on any atom is -0.381 e. The van der Waals surface area contributed by atoms with Crippen molar-refractivity contribution in [1.29, 1.82) is 0 Å². The number of ether oxygens (including phenoxy) is 1. The van der Waals surface area contributed by atoms with Crippen molar-refractivity contribution in [2.45, 2.75) is 19.8 Å². The molecule has 0 unspecified atom stereocenters. The van der Waals surface area contributed by atoms with E-state index in [-0.39, 0.29) is 0 Å². The summed E-state index contributed by atoms with van der Waals surface area (Å²) >= 11 is 6.30. The quantitative estimate of drug-likeness (QED) is 0.805. The van der Waals surface area contributed by atoms with Crippen molar-refractivity contribution in [3.8, 4) is 0 Å². The molecular weight excluding hydrogens is 248 g/mol. The zero-order chi connectivity index (χ0) is 12.8. The lowest BCUT2D eigenvalue weighted by atomic mass is 10.0. The van der Waals surface area contributed by atoms with Crippen molar-refractivity contribution in [3.63, 3.8) is 0 Å². The minimum atomic E-state index is 0.717. The number of fused-ring (bicyclic) bond motifs is 1. The molecule has 0 bridgehead atoms. The molecule has 1 heterocycles. The Labute approximate surface area is 114 Å². The second-order valence-electron chi connectivity index (χ2n) is 4.43. The number of halogens is 1. The summed E-state index contributed by atoms with van der Waals surface area (Å²) in [7, 11) is 0. The first-order valence-electron chi connectivity index (χ1n) is 6.65. The van der Waals surface area contributed by atoms with Crippen LogP contribution in [0.3, 0.4) is 0 Å². The van der Waals surface area contributed by atoms with E-state index in [1.165, 1.54) is 11.1 Å². The van der Waals surface area contributed by atoms with Crippen LogP contribution in [0.1, 0.15) is 18.1 Å². The van der Waals surface area contributed by atoms with Gasteiger partial charge >= 0.3 is 0 Å². The summed E-state index contributed by atoms with van der Waals surface area (Å²) < 4.78 is 5.35. The molecule has 0 fully saturated rings. The summed E-state index contributed by atoms with van der Waals surface area (Å²) in [5, 5.41) is 7.65. The molecule has 100 valence electrons. The maximum absolute atomic E-state index is 6.30. The van der Waals surface area contributed by atoms with Crippen LogP contribution < -0.4 is 10.6 Å². The largest absolute Gasteiger partial charge is 0.381 e. The third kappa shape index (κ3) is 3.37. The van der Waals surface area contributed by atoms with Gasteiger partial charge in [0.2, 0.25) is 0 Å². The summed E-state index contributed by atoms with van der Waals surface area (Å²) in [5.74, 6) is 0. The number of benzene rings is 1. The fourth-order valence-electron chi connectivity index (χ4n) is 2.33. The van der Waals surface area contributed by atoms with E-state index in [0.717, 1.165) is 56.4 Å². The van der Waals surface area contributed by atoms with Gasteiger partial charge in [0.05, 0.1) is 17.3 Å². The molecule has 4 heteroatoms. The summed E-state index contributed by atoms with van der Waals surface area (Å²) in [6.45, 7) is 6.35. The molecule has 3 nitrogen and oxygen atoms in total. The SMILES string of the molecule is CCOCCNc1c(Cl)ccc2c1CCNCC2. The van der Waals surface area contributed by atoms with Gasteiger partial charge in [-0.15, -0.1) is 0 Å². The Bertz CT molecular complexity index is 396. The molecule has 1 aliphatic heterocycles. The number of anilines is 1. The Hall–Kier alpha value is -0.770. The van der Waals surface area contributed by atoms with E-state index < -0.39 is 0 Å². The molecule has 2 rings (SSSR count). The van der Waals surface area contributed by atoms with Crippen LogP contribution >= 0.6 is 11.6 Å². The van der Waals surface area contributed by atoms with Gasteiger partial charge in [-0.05, 0) is 50.0 Å². The molecule has 0 aliphatic carbocycles. The molecule has 1 aromatic rings. The van der Waals surface area contributed by atoms with Crippen LogP contribution in [0.4, 0.5) is 5.69 Å². The molecule has 18 heavy (non-hydrogen) atoms.